The summed E-state index contributed by atoms with van der Waals surface area (Å²) in [6.07, 6.45) is 3.23. The second kappa shape index (κ2) is 5.89. The number of nitrogens with one attached hydrogen (secondary N) is 1. The summed E-state index contributed by atoms with van der Waals surface area (Å²) in [6.45, 7) is 1.76. The minimum absolute atomic E-state index is 0.0190. The molecule has 4 nitrogen and oxygen atoms in total. The first kappa shape index (κ1) is 13.6. The summed E-state index contributed by atoms with van der Waals surface area (Å²) in [5, 5.41) is 12.9. The van der Waals surface area contributed by atoms with Gasteiger partial charge < -0.3 is 15.0 Å². The Labute approximate surface area is 113 Å². The highest BCUT2D eigenvalue weighted by Gasteiger charge is 2.09. The summed E-state index contributed by atoms with van der Waals surface area (Å²) in [5.74, 6) is -0.0190. The van der Waals surface area contributed by atoms with Gasteiger partial charge in [-0.2, -0.15) is 0 Å². The van der Waals surface area contributed by atoms with Crippen LogP contribution in [0.4, 0.5) is 0 Å². The zero-order valence-electron chi connectivity index (χ0n) is 11.4. The highest BCUT2D eigenvalue weighted by atomic mass is 16.3. The van der Waals surface area contributed by atoms with Crippen molar-refractivity contribution in [2.45, 2.75) is 25.8 Å². The molecule has 0 radical (unpaired) electrons. The van der Waals surface area contributed by atoms with Crippen LogP contribution in [0.2, 0.25) is 0 Å². The van der Waals surface area contributed by atoms with Gasteiger partial charge in [-0.15, -0.1) is 0 Å². The number of aryl methyl sites for hydroxylation is 2. The third-order valence-electron chi connectivity index (χ3n) is 3.28. The number of hydrogen-bond acceptors (Lipinski definition) is 2. The molecule has 2 N–H and O–H groups in total. The molecule has 19 heavy (non-hydrogen) atoms. The number of carbonyl (C=O) groups is 1. The van der Waals surface area contributed by atoms with Crippen LogP contribution in [-0.4, -0.2) is 28.2 Å². The Morgan fingerprint density at radius 2 is 2.16 bits per heavy atom. The molecule has 0 spiro atoms. The van der Waals surface area contributed by atoms with E-state index in [0.717, 1.165) is 0 Å². The lowest BCUT2D eigenvalue weighted by Crippen LogP contribution is -2.35. The summed E-state index contributed by atoms with van der Waals surface area (Å²) in [7, 11) is 2.01. The fourth-order valence-electron chi connectivity index (χ4n) is 2.27. The van der Waals surface area contributed by atoms with Crippen molar-refractivity contribution in [1.29, 1.82) is 0 Å². The van der Waals surface area contributed by atoms with Crippen LogP contribution in [0.5, 0.6) is 0 Å². The fraction of sp³-hybridized carbons (Fsp3) is 0.400. The minimum Gasteiger partial charge on any atom is -0.394 e. The predicted molar refractivity (Wildman–Crippen MR) is 75.9 cm³/mol. The van der Waals surface area contributed by atoms with Crippen LogP contribution in [0, 0.1) is 0 Å². The lowest BCUT2D eigenvalue weighted by molar-refractivity contribution is -0.121. The number of carbonyl (C=O) groups excluding carboxylic acids is 1. The topological polar surface area (TPSA) is 54.3 Å². The molecule has 0 aliphatic heterocycles. The first-order valence-corrected chi connectivity index (χ1v) is 6.55. The number of benzene rings is 1. The van der Waals surface area contributed by atoms with Crippen LogP contribution in [-0.2, 0) is 18.3 Å². The van der Waals surface area contributed by atoms with Gasteiger partial charge >= 0.3 is 0 Å². The predicted octanol–water partition coefficient (Wildman–Crippen LogP) is 1.61. The zero-order valence-corrected chi connectivity index (χ0v) is 11.4. The van der Waals surface area contributed by atoms with Gasteiger partial charge in [0.05, 0.1) is 6.61 Å². The molecule has 0 fully saturated rings. The molecule has 1 atom stereocenters. The molecule has 1 aromatic heterocycles. The van der Waals surface area contributed by atoms with Gasteiger partial charge in [-0.25, -0.2) is 0 Å². The molecule has 102 valence electrons. The maximum Gasteiger partial charge on any atom is 0.220 e. The molecule has 0 saturated carbocycles. The number of para-hydroxylation sites is 1. The van der Waals surface area contributed by atoms with Gasteiger partial charge in [-0.1, -0.05) is 18.2 Å². The van der Waals surface area contributed by atoms with Gasteiger partial charge in [0.25, 0.3) is 0 Å². The highest BCUT2D eigenvalue weighted by Crippen LogP contribution is 2.21. The van der Waals surface area contributed by atoms with Crippen LogP contribution in [0.25, 0.3) is 10.9 Å². The fourth-order valence-corrected chi connectivity index (χ4v) is 2.27. The van der Waals surface area contributed by atoms with Gasteiger partial charge in [-0.3, -0.25) is 4.79 Å². The van der Waals surface area contributed by atoms with E-state index in [2.05, 4.69) is 28.2 Å². The molecule has 0 saturated heterocycles. The molecule has 1 unspecified atom stereocenters. The normalized spacial score (nSPS) is 12.6. The van der Waals surface area contributed by atoms with E-state index in [0.29, 0.717) is 12.8 Å². The summed E-state index contributed by atoms with van der Waals surface area (Å²) in [6, 6.07) is 8.01. The number of hydrogen-bond donors (Lipinski definition) is 2. The van der Waals surface area contributed by atoms with Crippen molar-refractivity contribution in [2.24, 2.45) is 7.05 Å². The highest BCUT2D eigenvalue weighted by molar-refractivity contribution is 5.85. The molecule has 2 rings (SSSR count). The molecule has 0 bridgehead atoms. The molecule has 2 aromatic rings. The van der Waals surface area contributed by atoms with Gasteiger partial charge in [0.1, 0.15) is 0 Å². The van der Waals surface area contributed by atoms with Crippen molar-refractivity contribution in [2.75, 3.05) is 6.61 Å². The number of aliphatic hydroxyl groups is 1. The van der Waals surface area contributed by atoms with Gasteiger partial charge in [0.2, 0.25) is 5.91 Å². The first-order valence-electron chi connectivity index (χ1n) is 6.55. The Kier molecular flexibility index (Phi) is 4.22. The standard InChI is InChI=1S/C15H20N2O2/c1-11(10-18)16-15(19)8-7-12-9-17(2)14-6-4-3-5-13(12)14/h3-6,9,11,18H,7-8,10H2,1-2H3,(H,16,19). The molecule has 0 aliphatic carbocycles. The SMILES string of the molecule is CC(CO)NC(=O)CCc1cn(C)c2ccccc12. The second-order valence-corrected chi connectivity index (χ2v) is 4.93. The average molecular weight is 260 g/mol. The van der Waals surface area contributed by atoms with E-state index in [1.165, 1.54) is 16.5 Å². The van der Waals surface area contributed by atoms with E-state index in [1.54, 1.807) is 6.92 Å². The van der Waals surface area contributed by atoms with Crippen molar-refractivity contribution in [1.82, 2.24) is 9.88 Å². The Bertz CT molecular complexity index is 575. The van der Waals surface area contributed by atoms with Crippen LogP contribution in [0.15, 0.2) is 30.5 Å². The van der Waals surface area contributed by atoms with Crippen LogP contribution >= 0.6 is 0 Å². The van der Waals surface area contributed by atoms with E-state index < -0.39 is 0 Å². The Balaban J connectivity index is 2.04. The van der Waals surface area contributed by atoms with Crippen molar-refractivity contribution in [3.63, 3.8) is 0 Å². The molecular weight excluding hydrogens is 240 g/mol. The zero-order chi connectivity index (χ0) is 13.8. The molecule has 1 heterocycles. The van der Waals surface area contributed by atoms with Crippen molar-refractivity contribution in [3.05, 3.63) is 36.0 Å². The van der Waals surface area contributed by atoms with E-state index in [1.807, 2.05) is 19.2 Å². The average Bonchev–Trinajstić information content (AvgIpc) is 2.74. The molecular formula is C15H20N2O2. The third-order valence-corrected chi connectivity index (χ3v) is 3.28. The first-order chi connectivity index (χ1) is 9.11. The molecule has 4 heteroatoms. The van der Waals surface area contributed by atoms with Crippen molar-refractivity contribution in [3.8, 4) is 0 Å². The Morgan fingerprint density at radius 3 is 2.89 bits per heavy atom. The van der Waals surface area contributed by atoms with Crippen LogP contribution < -0.4 is 5.32 Å². The van der Waals surface area contributed by atoms with E-state index in [-0.39, 0.29) is 18.6 Å². The van der Waals surface area contributed by atoms with Gasteiger partial charge in [0, 0.05) is 36.6 Å². The number of aliphatic hydroxyl groups excluding tert-OH is 1. The third kappa shape index (κ3) is 3.15. The second-order valence-electron chi connectivity index (χ2n) is 4.93. The number of rotatable bonds is 5. The van der Waals surface area contributed by atoms with E-state index in [9.17, 15) is 4.79 Å². The van der Waals surface area contributed by atoms with E-state index in [4.69, 9.17) is 5.11 Å². The Morgan fingerprint density at radius 1 is 1.42 bits per heavy atom. The number of aromatic nitrogens is 1. The van der Waals surface area contributed by atoms with Gasteiger partial charge in [0.15, 0.2) is 0 Å². The Hall–Kier alpha value is -1.81. The molecule has 0 aliphatic rings. The van der Waals surface area contributed by atoms with Crippen molar-refractivity contribution < 1.29 is 9.90 Å². The lowest BCUT2D eigenvalue weighted by Gasteiger charge is -2.10. The van der Waals surface area contributed by atoms with Crippen LogP contribution in [0.1, 0.15) is 18.9 Å². The monoisotopic (exact) mass is 260 g/mol. The number of nitrogens with zero attached hydrogens (tertiary/aromatic N) is 1. The smallest absolute Gasteiger partial charge is 0.220 e. The molecule has 1 aromatic carbocycles. The summed E-state index contributed by atoms with van der Waals surface area (Å²) in [5.41, 5.74) is 2.37. The summed E-state index contributed by atoms with van der Waals surface area (Å²) in [4.78, 5) is 11.7. The lowest BCUT2D eigenvalue weighted by atomic mass is 10.1. The summed E-state index contributed by atoms with van der Waals surface area (Å²) < 4.78 is 2.08. The van der Waals surface area contributed by atoms with Crippen LogP contribution in [0.3, 0.4) is 0 Å². The number of amides is 1. The van der Waals surface area contributed by atoms with Crippen molar-refractivity contribution >= 4 is 16.8 Å². The maximum absolute atomic E-state index is 11.7. The summed E-state index contributed by atoms with van der Waals surface area (Å²) >= 11 is 0. The maximum atomic E-state index is 11.7. The quantitative estimate of drug-likeness (QED) is 0.858. The van der Waals surface area contributed by atoms with Gasteiger partial charge in [-0.05, 0) is 25.0 Å². The number of fused-ring (bicyclic) bond motifs is 1. The van der Waals surface area contributed by atoms with E-state index >= 15 is 0 Å². The molecule has 1 amide bonds. The minimum atomic E-state index is -0.181. The largest absolute Gasteiger partial charge is 0.394 e.